The van der Waals surface area contributed by atoms with Gasteiger partial charge in [-0.25, -0.2) is 0 Å². The van der Waals surface area contributed by atoms with E-state index < -0.39 is 0 Å². The number of carbonyl (C=O) groups is 1. The fourth-order valence-corrected chi connectivity index (χ4v) is 2.72. The van der Waals surface area contributed by atoms with Crippen LogP contribution in [-0.4, -0.2) is 13.0 Å². The summed E-state index contributed by atoms with van der Waals surface area (Å²) < 4.78 is 10.8. The molecule has 0 atom stereocenters. The van der Waals surface area contributed by atoms with E-state index in [0.717, 1.165) is 0 Å². The van der Waals surface area contributed by atoms with Gasteiger partial charge in [0.05, 0.1) is 17.2 Å². The van der Waals surface area contributed by atoms with Crippen molar-refractivity contribution in [2.24, 2.45) is 0 Å². The Labute approximate surface area is 161 Å². The van der Waals surface area contributed by atoms with Gasteiger partial charge in [0.25, 0.3) is 0 Å². The molecule has 6 heteroatoms. The number of hydrogen-bond acceptors (Lipinski definition) is 3. The van der Waals surface area contributed by atoms with Crippen molar-refractivity contribution in [3.63, 3.8) is 0 Å². The third kappa shape index (κ3) is 4.28. The summed E-state index contributed by atoms with van der Waals surface area (Å²) in [5, 5.41) is 3.64. The van der Waals surface area contributed by atoms with Gasteiger partial charge in [-0.1, -0.05) is 35.3 Å². The molecule has 0 spiro atoms. The zero-order chi connectivity index (χ0) is 18.5. The highest BCUT2D eigenvalue weighted by atomic mass is 35.5. The number of benzene rings is 2. The molecule has 0 bridgehead atoms. The van der Waals surface area contributed by atoms with E-state index in [-0.39, 0.29) is 5.91 Å². The number of halogens is 2. The lowest BCUT2D eigenvalue weighted by atomic mass is 10.2. The van der Waals surface area contributed by atoms with Gasteiger partial charge >= 0.3 is 0 Å². The van der Waals surface area contributed by atoms with Crippen LogP contribution >= 0.6 is 23.2 Å². The quantitative estimate of drug-likeness (QED) is 0.553. The minimum Gasteiger partial charge on any atom is -0.497 e. The van der Waals surface area contributed by atoms with Crippen LogP contribution in [0.5, 0.6) is 5.75 Å². The fourth-order valence-electron chi connectivity index (χ4n) is 2.32. The average Bonchev–Trinajstić information content (AvgIpc) is 3.11. The van der Waals surface area contributed by atoms with Crippen LogP contribution in [0.25, 0.3) is 17.4 Å². The van der Waals surface area contributed by atoms with Gasteiger partial charge in [0.2, 0.25) is 5.91 Å². The van der Waals surface area contributed by atoms with Gasteiger partial charge in [0, 0.05) is 23.4 Å². The zero-order valence-electron chi connectivity index (χ0n) is 13.8. The van der Waals surface area contributed by atoms with Crippen LogP contribution in [0.4, 0.5) is 5.69 Å². The molecule has 4 nitrogen and oxygen atoms in total. The number of nitrogens with one attached hydrogen (secondary N) is 1. The highest BCUT2D eigenvalue weighted by Crippen LogP contribution is 2.34. The topological polar surface area (TPSA) is 51.5 Å². The van der Waals surface area contributed by atoms with Crippen LogP contribution < -0.4 is 10.1 Å². The molecule has 0 fully saturated rings. The van der Waals surface area contributed by atoms with Gasteiger partial charge in [-0.3, -0.25) is 4.79 Å². The van der Waals surface area contributed by atoms with Crippen molar-refractivity contribution < 1.29 is 13.9 Å². The first-order chi connectivity index (χ1) is 12.6. The molecule has 3 aromatic rings. The molecule has 0 aliphatic heterocycles. The van der Waals surface area contributed by atoms with Gasteiger partial charge in [-0.2, -0.15) is 0 Å². The number of ether oxygens (including phenoxy) is 1. The van der Waals surface area contributed by atoms with Crippen molar-refractivity contribution in [1.82, 2.24) is 0 Å². The Kier molecular flexibility index (Phi) is 5.66. The molecule has 26 heavy (non-hydrogen) atoms. The highest BCUT2D eigenvalue weighted by Gasteiger charge is 2.10. The van der Waals surface area contributed by atoms with Crippen molar-refractivity contribution in [2.75, 3.05) is 12.4 Å². The van der Waals surface area contributed by atoms with E-state index in [1.165, 1.54) is 6.08 Å². The molecule has 1 N–H and O–H groups in total. The summed E-state index contributed by atoms with van der Waals surface area (Å²) in [5.41, 5.74) is 1.34. The largest absolute Gasteiger partial charge is 0.497 e. The maximum atomic E-state index is 12.0. The second-order valence-electron chi connectivity index (χ2n) is 5.36. The number of rotatable bonds is 5. The summed E-state index contributed by atoms with van der Waals surface area (Å²) in [6.07, 6.45) is 2.97. The monoisotopic (exact) mass is 387 g/mol. The Morgan fingerprint density at radius 1 is 1.12 bits per heavy atom. The highest BCUT2D eigenvalue weighted by molar-refractivity contribution is 6.43. The van der Waals surface area contributed by atoms with E-state index in [1.54, 1.807) is 61.7 Å². The summed E-state index contributed by atoms with van der Waals surface area (Å²) in [6.45, 7) is 0. The van der Waals surface area contributed by atoms with Crippen LogP contribution in [-0.2, 0) is 4.79 Å². The normalized spacial score (nSPS) is 10.9. The molecule has 0 aliphatic carbocycles. The minimum absolute atomic E-state index is 0.281. The van der Waals surface area contributed by atoms with Crippen LogP contribution in [0, 0.1) is 0 Å². The average molecular weight is 388 g/mol. The predicted octanol–water partition coefficient (Wildman–Crippen LogP) is 5.91. The Balaban J connectivity index is 1.70. The SMILES string of the molecule is COc1cccc(NC(=O)C=Cc2ccc(-c3cccc(Cl)c3Cl)o2)c1. The van der Waals surface area contributed by atoms with Crippen molar-refractivity contribution in [3.05, 3.63) is 76.5 Å². The van der Waals surface area contributed by atoms with Crippen LogP contribution in [0.2, 0.25) is 10.0 Å². The second kappa shape index (κ2) is 8.13. The predicted molar refractivity (Wildman–Crippen MR) is 105 cm³/mol. The van der Waals surface area contributed by atoms with Crippen LogP contribution in [0.15, 0.2) is 65.1 Å². The van der Waals surface area contributed by atoms with Gasteiger partial charge in [-0.15, -0.1) is 0 Å². The molecule has 1 aromatic heterocycles. The molecule has 0 aliphatic rings. The first-order valence-electron chi connectivity index (χ1n) is 7.74. The van der Waals surface area contributed by atoms with E-state index in [9.17, 15) is 4.79 Å². The maximum Gasteiger partial charge on any atom is 0.248 e. The van der Waals surface area contributed by atoms with E-state index in [1.807, 2.05) is 6.07 Å². The summed E-state index contributed by atoms with van der Waals surface area (Å²) >= 11 is 12.2. The molecule has 0 saturated heterocycles. The van der Waals surface area contributed by atoms with Crippen molar-refractivity contribution in [3.8, 4) is 17.1 Å². The lowest BCUT2D eigenvalue weighted by molar-refractivity contribution is -0.111. The molecule has 0 saturated carbocycles. The minimum atomic E-state index is -0.281. The smallest absolute Gasteiger partial charge is 0.248 e. The second-order valence-corrected chi connectivity index (χ2v) is 6.14. The first kappa shape index (κ1) is 18.1. The Bertz CT molecular complexity index is 963. The number of amides is 1. The lowest BCUT2D eigenvalue weighted by Gasteiger charge is -2.04. The molecule has 2 aromatic carbocycles. The molecule has 3 rings (SSSR count). The molecular weight excluding hydrogens is 373 g/mol. The fraction of sp³-hybridized carbons (Fsp3) is 0.0500. The molecule has 132 valence electrons. The van der Waals surface area contributed by atoms with Crippen molar-refractivity contribution in [1.29, 1.82) is 0 Å². The van der Waals surface area contributed by atoms with Crippen molar-refractivity contribution >= 4 is 40.9 Å². The summed E-state index contributed by atoms with van der Waals surface area (Å²) in [5.74, 6) is 1.49. The van der Waals surface area contributed by atoms with E-state index in [2.05, 4.69) is 5.32 Å². The summed E-state index contributed by atoms with van der Waals surface area (Å²) in [7, 11) is 1.57. The first-order valence-corrected chi connectivity index (χ1v) is 8.50. The lowest BCUT2D eigenvalue weighted by Crippen LogP contribution is -2.07. The number of furan rings is 1. The zero-order valence-corrected chi connectivity index (χ0v) is 15.3. The van der Waals surface area contributed by atoms with Crippen LogP contribution in [0.1, 0.15) is 5.76 Å². The standard InChI is InChI=1S/C20H15Cl2NO3/c1-25-15-5-2-4-13(12-15)23-19(24)11-9-14-8-10-18(26-14)16-6-3-7-17(21)20(16)22/h2-12H,1H3,(H,23,24). The summed E-state index contributed by atoms with van der Waals surface area (Å²) in [4.78, 5) is 12.0. The molecule has 1 heterocycles. The third-order valence-corrected chi connectivity index (χ3v) is 4.40. The molecule has 1 amide bonds. The van der Waals surface area contributed by atoms with Crippen molar-refractivity contribution in [2.45, 2.75) is 0 Å². The Morgan fingerprint density at radius 3 is 2.73 bits per heavy atom. The van der Waals surface area contributed by atoms with E-state index in [4.69, 9.17) is 32.4 Å². The molecular formula is C20H15Cl2NO3. The van der Waals surface area contributed by atoms with Crippen LogP contribution in [0.3, 0.4) is 0 Å². The Hall–Kier alpha value is -2.69. The number of carbonyl (C=O) groups excluding carboxylic acids is 1. The maximum absolute atomic E-state index is 12.0. The molecule has 0 radical (unpaired) electrons. The summed E-state index contributed by atoms with van der Waals surface area (Å²) in [6, 6.07) is 16.0. The van der Waals surface area contributed by atoms with Gasteiger partial charge in [-0.05, 0) is 42.5 Å². The van der Waals surface area contributed by atoms with Gasteiger partial charge < -0.3 is 14.5 Å². The van der Waals surface area contributed by atoms with E-state index >= 15 is 0 Å². The van der Waals surface area contributed by atoms with E-state index in [0.29, 0.717) is 38.6 Å². The number of anilines is 1. The Morgan fingerprint density at radius 2 is 1.92 bits per heavy atom. The number of methoxy groups -OCH3 is 1. The third-order valence-electron chi connectivity index (χ3n) is 3.58. The molecule has 0 unspecified atom stereocenters. The number of hydrogen-bond donors (Lipinski definition) is 1. The van der Waals surface area contributed by atoms with Gasteiger partial charge in [0.1, 0.15) is 17.3 Å². The van der Waals surface area contributed by atoms with Gasteiger partial charge in [0.15, 0.2) is 0 Å².